The van der Waals surface area contributed by atoms with Crippen molar-refractivity contribution in [3.8, 4) is 0 Å². The predicted octanol–water partition coefficient (Wildman–Crippen LogP) is 2.78. The van der Waals surface area contributed by atoms with Gasteiger partial charge in [-0.15, -0.1) is 0 Å². The van der Waals surface area contributed by atoms with Gasteiger partial charge in [-0.3, -0.25) is 4.99 Å². The lowest BCUT2D eigenvalue weighted by Crippen LogP contribution is -2.40. The zero-order valence-corrected chi connectivity index (χ0v) is 14.7. The predicted molar refractivity (Wildman–Crippen MR) is 94.4 cm³/mol. The van der Waals surface area contributed by atoms with Crippen molar-refractivity contribution < 1.29 is 9.50 Å². The lowest BCUT2D eigenvalue weighted by molar-refractivity contribution is 0.0418. The van der Waals surface area contributed by atoms with Crippen LogP contribution in [0.15, 0.2) is 23.2 Å². The molecule has 1 rings (SSSR count). The number of guanidine groups is 1. The van der Waals surface area contributed by atoms with E-state index in [1.54, 1.807) is 6.07 Å². The van der Waals surface area contributed by atoms with E-state index in [-0.39, 0.29) is 5.82 Å². The van der Waals surface area contributed by atoms with Crippen LogP contribution < -0.4 is 10.6 Å². The number of halogens is 1. The Morgan fingerprint density at radius 2 is 1.91 bits per heavy atom. The van der Waals surface area contributed by atoms with Crippen LogP contribution in [0.5, 0.6) is 0 Å². The maximum absolute atomic E-state index is 13.1. The standard InChI is InChI=1S/C18H30FN3O/c1-5-18(23,6-2)13-22-17(20-7-3)21-11-10-15-8-9-16(19)12-14(15)4/h8-9,12,23H,5-7,10-11,13H2,1-4H3,(H2,20,21,22). The molecule has 0 fully saturated rings. The summed E-state index contributed by atoms with van der Waals surface area (Å²) in [4.78, 5) is 4.48. The summed E-state index contributed by atoms with van der Waals surface area (Å²) >= 11 is 0. The quantitative estimate of drug-likeness (QED) is 0.509. The van der Waals surface area contributed by atoms with E-state index < -0.39 is 5.60 Å². The molecule has 0 saturated carbocycles. The normalized spacial score (nSPS) is 12.3. The summed E-state index contributed by atoms with van der Waals surface area (Å²) in [5, 5.41) is 16.8. The largest absolute Gasteiger partial charge is 0.388 e. The molecule has 0 aromatic heterocycles. The molecular formula is C18H30FN3O. The van der Waals surface area contributed by atoms with Gasteiger partial charge in [-0.1, -0.05) is 19.9 Å². The van der Waals surface area contributed by atoms with Crippen molar-refractivity contribution in [1.82, 2.24) is 10.6 Å². The topological polar surface area (TPSA) is 56.7 Å². The molecule has 0 spiro atoms. The number of rotatable bonds is 8. The molecule has 5 heteroatoms. The first-order valence-electron chi connectivity index (χ1n) is 8.43. The summed E-state index contributed by atoms with van der Waals surface area (Å²) in [6.07, 6.45) is 2.16. The summed E-state index contributed by atoms with van der Waals surface area (Å²) < 4.78 is 13.1. The number of hydrogen-bond donors (Lipinski definition) is 3. The Labute approximate surface area is 139 Å². The van der Waals surface area contributed by atoms with E-state index in [2.05, 4.69) is 15.6 Å². The first-order chi connectivity index (χ1) is 10.9. The molecule has 0 saturated heterocycles. The molecule has 0 aliphatic heterocycles. The highest BCUT2D eigenvalue weighted by Crippen LogP contribution is 2.14. The molecule has 130 valence electrons. The van der Waals surface area contributed by atoms with Gasteiger partial charge < -0.3 is 15.7 Å². The van der Waals surface area contributed by atoms with Crippen molar-refractivity contribution in [2.45, 2.75) is 52.6 Å². The second-order valence-corrected chi connectivity index (χ2v) is 5.87. The molecule has 0 aliphatic rings. The number of nitrogens with zero attached hydrogens (tertiary/aromatic N) is 1. The molecule has 0 bridgehead atoms. The third kappa shape index (κ3) is 6.57. The van der Waals surface area contributed by atoms with Gasteiger partial charge in [0.2, 0.25) is 0 Å². The maximum Gasteiger partial charge on any atom is 0.191 e. The van der Waals surface area contributed by atoms with E-state index in [1.165, 1.54) is 6.07 Å². The summed E-state index contributed by atoms with van der Waals surface area (Å²) in [5.74, 6) is 0.500. The summed E-state index contributed by atoms with van der Waals surface area (Å²) in [7, 11) is 0. The van der Waals surface area contributed by atoms with Crippen LogP contribution in [0, 0.1) is 12.7 Å². The van der Waals surface area contributed by atoms with E-state index in [4.69, 9.17) is 0 Å². The van der Waals surface area contributed by atoms with Crippen molar-refractivity contribution in [1.29, 1.82) is 0 Å². The highest BCUT2D eigenvalue weighted by atomic mass is 19.1. The molecule has 3 N–H and O–H groups in total. The van der Waals surface area contributed by atoms with Crippen molar-refractivity contribution in [3.05, 3.63) is 35.1 Å². The van der Waals surface area contributed by atoms with Gasteiger partial charge in [0.25, 0.3) is 0 Å². The van der Waals surface area contributed by atoms with Gasteiger partial charge in [-0.2, -0.15) is 0 Å². The first kappa shape index (κ1) is 19.4. The highest BCUT2D eigenvalue weighted by molar-refractivity contribution is 5.79. The third-order valence-electron chi connectivity index (χ3n) is 4.18. The first-order valence-corrected chi connectivity index (χ1v) is 8.43. The average Bonchev–Trinajstić information content (AvgIpc) is 2.54. The molecule has 23 heavy (non-hydrogen) atoms. The van der Waals surface area contributed by atoms with Crippen LogP contribution in [-0.2, 0) is 6.42 Å². The summed E-state index contributed by atoms with van der Waals surface area (Å²) in [6.45, 7) is 9.71. The van der Waals surface area contributed by atoms with Gasteiger partial charge in [-0.25, -0.2) is 4.39 Å². The van der Waals surface area contributed by atoms with Gasteiger partial charge in [0.15, 0.2) is 5.96 Å². The Morgan fingerprint density at radius 3 is 2.48 bits per heavy atom. The fraction of sp³-hybridized carbons (Fsp3) is 0.611. The zero-order valence-electron chi connectivity index (χ0n) is 14.7. The van der Waals surface area contributed by atoms with Crippen LogP contribution in [0.4, 0.5) is 4.39 Å². The Kier molecular flexibility index (Phi) is 8.03. The monoisotopic (exact) mass is 323 g/mol. The van der Waals surface area contributed by atoms with Crippen LogP contribution in [0.3, 0.4) is 0 Å². The lowest BCUT2D eigenvalue weighted by atomic mass is 9.98. The minimum Gasteiger partial charge on any atom is -0.388 e. The molecule has 1 aromatic rings. The maximum atomic E-state index is 13.1. The SMILES string of the molecule is CCNC(=NCC(O)(CC)CC)NCCc1ccc(F)cc1C. The van der Waals surface area contributed by atoms with Gasteiger partial charge in [0.1, 0.15) is 5.82 Å². The number of aliphatic imine (C=N–C) groups is 1. The van der Waals surface area contributed by atoms with Crippen molar-refractivity contribution in [2.24, 2.45) is 4.99 Å². The van der Waals surface area contributed by atoms with Gasteiger partial charge in [0.05, 0.1) is 12.1 Å². The molecular weight excluding hydrogens is 293 g/mol. The van der Waals surface area contributed by atoms with Crippen LogP contribution in [0.25, 0.3) is 0 Å². The van der Waals surface area contributed by atoms with Crippen LogP contribution in [-0.4, -0.2) is 36.3 Å². The molecule has 0 aliphatic carbocycles. The number of aliphatic hydroxyl groups is 1. The summed E-state index contributed by atoms with van der Waals surface area (Å²) in [5.41, 5.74) is 1.34. The smallest absolute Gasteiger partial charge is 0.191 e. The van der Waals surface area contributed by atoms with Crippen LogP contribution in [0.2, 0.25) is 0 Å². The second-order valence-electron chi connectivity index (χ2n) is 5.87. The van der Waals surface area contributed by atoms with E-state index in [1.807, 2.05) is 33.8 Å². The minimum absolute atomic E-state index is 0.201. The Bertz CT molecular complexity index is 513. The fourth-order valence-electron chi connectivity index (χ4n) is 2.30. The molecule has 0 heterocycles. The fourth-order valence-corrected chi connectivity index (χ4v) is 2.30. The molecule has 4 nitrogen and oxygen atoms in total. The third-order valence-corrected chi connectivity index (χ3v) is 4.18. The Hall–Kier alpha value is -1.62. The van der Waals surface area contributed by atoms with Gasteiger partial charge >= 0.3 is 0 Å². The molecule has 0 atom stereocenters. The van der Waals surface area contributed by atoms with Crippen molar-refractivity contribution in [2.75, 3.05) is 19.6 Å². The number of aryl methyl sites for hydroxylation is 1. The van der Waals surface area contributed by atoms with Gasteiger partial charge in [-0.05, 0) is 56.4 Å². The zero-order chi connectivity index (χ0) is 17.3. The second kappa shape index (κ2) is 9.50. The van der Waals surface area contributed by atoms with Crippen LogP contribution in [0.1, 0.15) is 44.7 Å². The minimum atomic E-state index is -0.740. The number of benzene rings is 1. The Balaban J connectivity index is 2.59. The van der Waals surface area contributed by atoms with E-state index >= 15 is 0 Å². The molecule has 1 aromatic carbocycles. The molecule has 0 unspecified atom stereocenters. The van der Waals surface area contributed by atoms with E-state index in [9.17, 15) is 9.50 Å². The number of hydrogen-bond acceptors (Lipinski definition) is 2. The van der Waals surface area contributed by atoms with Crippen molar-refractivity contribution in [3.63, 3.8) is 0 Å². The van der Waals surface area contributed by atoms with E-state index in [0.29, 0.717) is 31.9 Å². The average molecular weight is 323 g/mol. The van der Waals surface area contributed by atoms with E-state index in [0.717, 1.165) is 24.1 Å². The van der Waals surface area contributed by atoms with Crippen LogP contribution >= 0.6 is 0 Å². The molecule has 0 radical (unpaired) electrons. The highest BCUT2D eigenvalue weighted by Gasteiger charge is 2.21. The lowest BCUT2D eigenvalue weighted by Gasteiger charge is -2.23. The Morgan fingerprint density at radius 1 is 1.22 bits per heavy atom. The van der Waals surface area contributed by atoms with Gasteiger partial charge in [0, 0.05) is 13.1 Å². The molecule has 0 amide bonds. The summed E-state index contributed by atoms with van der Waals surface area (Å²) in [6, 6.07) is 4.87. The number of nitrogens with one attached hydrogen (secondary N) is 2. The van der Waals surface area contributed by atoms with Crippen molar-refractivity contribution >= 4 is 5.96 Å².